The van der Waals surface area contributed by atoms with Crippen LogP contribution in [-0.4, -0.2) is 34.5 Å². The molecule has 0 atom stereocenters. The van der Waals surface area contributed by atoms with E-state index in [9.17, 15) is 5.26 Å². The van der Waals surface area contributed by atoms with E-state index in [0.29, 0.717) is 40.5 Å². The number of hydrogen-bond acceptors (Lipinski definition) is 7. The van der Waals surface area contributed by atoms with Crippen LogP contribution >= 0.6 is 0 Å². The van der Waals surface area contributed by atoms with Crippen molar-refractivity contribution in [1.82, 2.24) is 34.5 Å². The normalized spacial score (nSPS) is 11.2. The van der Waals surface area contributed by atoms with Gasteiger partial charge in [0.1, 0.15) is 0 Å². The van der Waals surface area contributed by atoms with Crippen molar-refractivity contribution >= 4 is 21.8 Å². The zero-order valence-electron chi connectivity index (χ0n) is 34.6. The Bertz CT molecular complexity index is 3450. The van der Waals surface area contributed by atoms with Crippen molar-refractivity contribution in [1.29, 1.82) is 5.26 Å². The van der Waals surface area contributed by atoms with Gasteiger partial charge in [0.15, 0.2) is 34.9 Å². The highest BCUT2D eigenvalue weighted by atomic mass is 15.0. The topological polar surface area (TPSA) is 106 Å². The minimum Gasteiger partial charge on any atom is -0.309 e. The zero-order chi connectivity index (χ0) is 43.0. The lowest BCUT2D eigenvalue weighted by Crippen LogP contribution is -2.00. The highest BCUT2D eigenvalue weighted by Crippen LogP contribution is 2.39. The lowest BCUT2D eigenvalue weighted by Gasteiger charge is -2.12. The molecule has 11 aromatic rings. The van der Waals surface area contributed by atoms with Gasteiger partial charge in [-0.1, -0.05) is 158 Å². The standard InChI is InChI=1S/C56H36N8/c1-36-16-14-15-25-48(36)64-49-30-27-41(45-29-26-42(32-44(45)35-57)55-60-51(37-17-6-2-7-18-37)58-52(61-55)38-19-8-3-9-20-38)33-46(49)47-34-43(28-31-50(47)64)56-62-53(39-21-10-4-11-22-39)59-54(63-56)40-23-12-5-13-24-40/h2-34H,1H3. The fourth-order valence-electron chi connectivity index (χ4n) is 8.31. The van der Waals surface area contributed by atoms with Crippen molar-refractivity contribution in [3.05, 3.63) is 211 Å². The summed E-state index contributed by atoms with van der Waals surface area (Å²) in [7, 11) is 0. The molecule has 0 amide bonds. The molecule has 3 heterocycles. The van der Waals surface area contributed by atoms with Crippen LogP contribution in [0.1, 0.15) is 11.1 Å². The van der Waals surface area contributed by atoms with E-state index in [1.807, 2.05) is 140 Å². The van der Waals surface area contributed by atoms with Crippen LogP contribution in [0.2, 0.25) is 0 Å². The highest BCUT2D eigenvalue weighted by Gasteiger charge is 2.20. The SMILES string of the molecule is Cc1ccccc1-n1c2ccc(-c3nc(-c4ccccc4)nc(-c4ccccc4)n3)cc2c2cc(-c3ccc(-c4nc(-c5ccccc5)nc(-c5ccccc5)n4)cc3C#N)ccc21. The number of para-hydroxylation sites is 1. The van der Waals surface area contributed by atoms with Crippen LogP contribution in [0.4, 0.5) is 0 Å². The summed E-state index contributed by atoms with van der Waals surface area (Å²) in [6.45, 7) is 2.13. The van der Waals surface area contributed by atoms with Gasteiger partial charge in [0.25, 0.3) is 0 Å². The first-order valence-corrected chi connectivity index (χ1v) is 21.0. The van der Waals surface area contributed by atoms with Gasteiger partial charge in [0, 0.05) is 49.8 Å². The van der Waals surface area contributed by atoms with E-state index in [2.05, 4.69) is 78.2 Å². The zero-order valence-corrected chi connectivity index (χ0v) is 34.6. The van der Waals surface area contributed by atoms with Crippen molar-refractivity contribution in [2.24, 2.45) is 0 Å². The number of fused-ring (bicyclic) bond motifs is 3. The van der Waals surface area contributed by atoms with E-state index in [1.54, 1.807) is 0 Å². The van der Waals surface area contributed by atoms with Crippen LogP contribution in [0.5, 0.6) is 0 Å². The molecule has 8 nitrogen and oxygen atoms in total. The lowest BCUT2D eigenvalue weighted by atomic mass is 9.96. The third kappa shape index (κ3) is 7.03. The van der Waals surface area contributed by atoms with Gasteiger partial charge in [-0.25, -0.2) is 29.9 Å². The maximum absolute atomic E-state index is 10.7. The third-order valence-corrected chi connectivity index (χ3v) is 11.5. The number of benzene rings is 8. The molecule has 64 heavy (non-hydrogen) atoms. The number of aryl methyl sites for hydroxylation is 1. The average Bonchev–Trinajstić information content (AvgIpc) is 3.69. The van der Waals surface area contributed by atoms with E-state index in [4.69, 9.17) is 29.9 Å². The molecule has 0 bridgehead atoms. The van der Waals surface area contributed by atoms with Crippen molar-refractivity contribution in [3.63, 3.8) is 0 Å². The van der Waals surface area contributed by atoms with Gasteiger partial charge in [-0.3, -0.25) is 0 Å². The van der Waals surface area contributed by atoms with E-state index < -0.39 is 0 Å². The molecule has 0 spiro atoms. The Morgan fingerprint density at radius 3 is 1.16 bits per heavy atom. The summed E-state index contributed by atoms with van der Waals surface area (Å²) in [5, 5.41) is 12.8. The molecule has 0 saturated heterocycles. The summed E-state index contributed by atoms with van der Waals surface area (Å²) in [6, 6.07) is 69.4. The molecule has 0 aliphatic rings. The Labute approximate surface area is 369 Å². The van der Waals surface area contributed by atoms with Crippen molar-refractivity contribution in [3.8, 4) is 91.2 Å². The quantitative estimate of drug-likeness (QED) is 0.150. The Morgan fingerprint density at radius 2 is 0.719 bits per heavy atom. The second kappa shape index (κ2) is 16.2. The van der Waals surface area contributed by atoms with E-state index >= 15 is 0 Å². The van der Waals surface area contributed by atoms with Gasteiger partial charge in [0.2, 0.25) is 0 Å². The third-order valence-electron chi connectivity index (χ3n) is 11.5. The van der Waals surface area contributed by atoms with Crippen LogP contribution in [0, 0.1) is 18.3 Å². The molecule has 0 aliphatic carbocycles. The smallest absolute Gasteiger partial charge is 0.164 e. The molecule has 0 radical (unpaired) electrons. The van der Waals surface area contributed by atoms with Gasteiger partial charge >= 0.3 is 0 Å². The largest absolute Gasteiger partial charge is 0.309 e. The van der Waals surface area contributed by atoms with E-state index in [1.165, 1.54) is 0 Å². The molecule has 0 saturated carbocycles. The van der Waals surface area contributed by atoms with Gasteiger partial charge in [-0.05, 0) is 66.1 Å². The minimum atomic E-state index is 0.490. The Morgan fingerprint density at radius 1 is 0.359 bits per heavy atom. The predicted octanol–water partition coefficient (Wildman–Crippen LogP) is 13.0. The number of hydrogen-bond donors (Lipinski definition) is 0. The van der Waals surface area contributed by atoms with E-state index in [0.717, 1.165) is 77.6 Å². The maximum atomic E-state index is 10.7. The van der Waals surface area contributed by atoms with Crippen molar-refractivity contribution in [2.45, 2.75) is 6.92 Å². The van der Waals surface area contributed by atoms with Gasteiger partial charge in [0.05, 0.1) is 22.7 Å². The van der Waals surface area contributed by atoms with Crippen molar-refractivity contribution in [2.75, 3.05) is 0 Å². The first-order valence-electron chi connectivity index (χ1n) is 21.0. The number of aromatic nitrogens is 7. The maximum Gasteiger partial charge on any atom is 0.164 e. The summed E-state index contributed by atoms with van der Waals surface area (Å²) in [6.07, 6.45) is 0. The van der Waals surface area contributed by atoms with Gasteiger partial charge in [-0.15, -0.1) is 0 Å². The number of rotatable bonds is 8. The molecule has 0 unspecified atom stereocenters. The molecule has 300 valence electrons. The number of nitrogens with zero attached hydrogens (tertiary/aromatic N) is 8. The molecule has 0 aliphatic heterocycles. The predicted molar refractivity (Wildman–Crippen MR) is 255 cm³/mol. The van der Waals surface area contributed by atoms with Gasteiger partial charge < -0.3 is 4.57 Å². The Kier molecular flexibility index (Phi) is 9.60. The molecule has 0 N–H and O–H groups in total. The van der Waals surface area contributed by atoms with E-state index in [-0.39, 0.29) is 0 Å². The average molecular weight is 821 g/mol. The molecule has 0 fully saturated rings. The molecular formula is C56H36N8. The monoisotopic (exact) mass is 820 g/mol. The molecule has 11 rings (SSSR count). The molecule has 8 heteroatoms. The molecule has 8 aromatic carbocycles. The van der Waals surface area contributed by atoms with Crippen LogP contribution in [0.3, 0.4) is 0 Å². The summed E-state index contributed by atoms with van der Waals surface area (Å²) in [5.74, 6) is 3.40. The fraction of sp³-hybridized carbons (Fsp3) is 0.0179. The number of nitriles is 1. The fourth-order valence-corrected chi connectivity index (χ4v) is 8.31. The minimum absolute atomic E-state index is 0.490. The summed E-state index contributed by atoms with van der Waals surface area (Å²) < 4.78 is 2.31. The molecular weight excluding hydrogens is 785 g/mol. The second-order valence-electron chi connectivity index (χ2n) is 15.5. The van der Waals surface area contributed by atoms with Crippen LogP contribution in [0.25, 0.3) is 107 Å². The van der Waals surface area contributed by atoms with Crippen LogP contribution < -0.4 is 0 Å². The first-order chi connectivity index (χ1) is 31.6. The Hall–Kier alpha value is -8.93. The highest BCUT2D eigenvalue weighted by molar-refractivity contribution is 6.11. The first kappa shape index (κ1) is 38.0. The van der Waals surface area contributed by atoms with Crippen molar-refractivity contribution < 1.29 is 0 Å². The summed E-state index contributed by atoms with van der Waals surface area (Å²) >= 11 is 0. The summed E-state index contributed by atoms with van der Waals surface area (Å²) in [4.78, 5) is 29.7. The lowest BCUT2D eigenvalue weighted by molar-refractivity contribution is 1.07. The second-order valence-corrected chi connectivity index (χ2v) is 15.5. The Balaban J connectivity index is 1.07. The van der Waals surface area contributed by atoms with Crippen LogP contribution in [0.15, 0.2) is 200 Å². The summed E-state index contributed by atoms with van der Waals surface area (Å²) in [5.41, 5.74) is 11.7. The van der Waals surface area contributed by atoms with Crippen LogP contribution in [-0.2, 0) is 0 Å². The molecule has 3 aromatic heterocycles. The van der Waals surface area contributed by atoms with Gasteiger partial charge in [-0.2, -0.15) is 5.26 Å².